The summed E-state index contributed by atoms with van der Waals surface area (Å²) in [6.07, 6.45) is 6.10. The molecule has 0 saturated heterocycles. The number of hydrogen-bond donors (Lipinski definition) is 5. The maximum atomic E-state index is 12.8. The Morgan fingerprint density at radius 2 is 1.44 bits per heavy atom. The van der Waals surface area contributed by atoms with Gasteiger partial charge in [-0.25, -0.2) is 0 Å². The van der Waals surface area contributed by atoms with Gasteiger partial charge in [0.1, 0.15) is 5.75 Å². The lowest BCUT2D eigenvalue weighted by molar-refractivity contribution is -0.118. The number of carbonyl (C=O) groups excluding carboxylic acids is 2. The highest BCUT2D eigenvalue weighted by Crippen LogP contribution is 2.38. The fourth-order valence-corrected chi connectivity index (χ4v) is 4.57. The number of amides is 2. The lowest BCUT2D eigenvalue weighted by Gasteiger charge is -2.30. The molecule has 0 fully saturated rings. The molecule has 2 aromatic carbocycles. The number of hydrogen-bond acceptors (Lipinski definition) is 6. The zero-order valence-electron chi connectivity index (χ0n) is 27.5. The second-order valence-electron chi connectivity index (χ2n) is 12.6. The van der Waals surface area contributed by atoms with E-state index < -0.39 is 0 Å². The van der Waals surface area contributed by atoms with E-state index in [1.165, 1.54) is 5.56 Å². The summed E-state index contributed by atoms with van der Waals surface area (Å²) < 4.78 is 6.06. The molecular weight excluding hydrogens is 538 g/mol. The highest BCUT2D eigenvalue weighted by atomic mass is 16.5. The molecule has 0 saturated carbocycles. The first-order valence-corrected chi connectivity index (χ1v) is 16.1. The highest BCUT2D eigenvalue weighted by molar-refractivity contribution is 5.97. The van der Waals surface area contributed by atoms with Crippen molar-refractivity contribution in [3.05, 3.63) is 59.2 Å². The largest absolute Gasteiger partial charge is 0.483 e. The molecule has 2 aromatic rings. The van der Waals surface area contributed by atoms with Crippen LogP contribution in [-0.4, -0.2) is 57.7 Å². The Bertz CT molecular complexity index is 1130. The van der Waals surface area contributed by atoms with Gasteiger partial charge in [0.25, 0.3) is 11.8 Å². The van der Waals surface area contributed by atoms with Crippen molar-refractivity contribution in [3.8, 4) is 5.75 Å². The Morgan fingerprint density at radius 3 is 2.09 bits per heavy atom. The van der Waals surface area contributed by atoms with Crippen LogP contribution in [0.2, 0.25) is 0 Å². The van der Waals surface area contributed by atoms with E-state index in [2.05, 4.69) is 74.9 Å². The lowest BCUT2D eigenvalue weighted by Crippen LogP contribution is -2.28. The molecule has 240 valence electrons. The highest BCUT2D eigenvalue weighted by Gasteiger charge is 2.27. The van der Waals surface area contributed by atoms with Crippen LogP contribution in [0.25, 0.3) is 0 Å². The lowest BCUT2D eigenvalue weighted by atomic mass is 9.76. The zero-order chi connectivity index (χ0) is 31.7. The number of benzene rings is 2. The summed E-state index contributed by atoms with van der Waals surface area (Å²) in [6.45, 7) is 18.3. The van der Waals surface area contributed by atoms with Crippen molar-refractivity contribution in [2.45, 2.75) is 90.9 Å². The van der Waals surface area contributed by atoms with E-state index in [4.69, 9.17) is 10.5 Å². The summed E-state index contributed by atoms with van der Waals surface area (Å²) >= 11 is 0. The quantitative estimate of drug-likeness (QED) is 0.122. The summed E-state index contributed by atoms with van der Waals surface area (Å²) in [7, 11) is 0. The summed E-state index contributed by atoms with van der Waals surface area (Å²) in [5.74, 6) is 0.307. The second-order valence-corrected chi connectivity index (χ2v) is 12.6. The number of nitrogens with two attached hydrogens (primary N) is 1. The third kappa shape index (κ3) is 12.7. The van der Waals surface area contributed by atoms with E-state index >= 15 is 0 Å². The Hall–Kier alpha value is -2.94. The predicted molar refractivity (Wildman–Crippen MR) is 179 cm³/mol. The summed E-state index contributed by atoms with van der Waals surface area (Å²) in [5, 5.41) is 12.6. The molecule has 43 heavy (non-hydrogen) atoms. The van der Waals surface area contributed by atoms with Crippen LogP contribution in [0, 0.1) is 0 Å². The average Bonchev–Trinajstić information content (AvgIpc) is 3.00. The van der Waals surface area contributed by atoms with Crippen molar-refractivity contribution in [2.24, 2.45) is 5.73 Å². The summed E-state index contributed by atoms with van der Waals surface area (Å²) in [6, 6.07) is 13.3. The van der Waals surface area contributed by atoms with Gasteiger partial charge in [-0.15, -0.1) is 0 Å². The van der Waals surface area contributed by atoms with Crippen LogP contribution in [0.1, 0.15) is 102 Å². The minimum Gasteiger partial charge on any atom is -0.483 e. The van der Waals surface area contributed by atoms with Crippen molar-refractivity contribution in [2.75, 3.05) is 51.2 Å². The summed E-state index contributed by atoms with van der Waals surface area (Å²) in [5.41, 5.74) is 8.91. The molecule has 0 unspecified atom stereocenters. The third-order valence-corrected chi connectivity index (χ3v) is 8.36. The van der Waals surface area contributed by atoms with Gasteiger partial charge in [0.15, 0.2) is 6.61 Å². The Kier molecular flexibility index (Phi) is 15.7. The first-order valence-electron chi connectivity index (χ1n) is 16.1. The molecule has 0 radical (unpaired) electrons. The normalized spacial score (nSPS) is 11.8. The van der Waals surface area contributed by atoms with Gasteiger partial charge in [-0.05, 0) is 112 Å². The van der Waals surface area contributed by atoms with Crippen LogP contribution in [0.3, 0.4) is 0 Å². The first kappa shape index (κ1) is 36.3. The topological polar surface area (TPSA) is 118 Å². The SMILES string of the molecule is CCC(C)(C)c1ccc(OCC(=O)Nc2cccc(C(=O)NCCCNCCCCNCCCN)c2)c(C(C)(C)CC)c1. The first-order chi connectivity index (χ1) is 20.5. The molecule has 0 aliphatic heterocycles. The predicted octanol–water partition coefficient (Wildman–Crippen LogP) is 5.51. The van der Waals surface area contributed by atoms with Gasteiger partial charge >= 0.3 is 0 Å². The molecule has 0 bridgehead atoms. The van der Waals surface area contributed by atoms with E-state index in [9.17, 15) is 9.59 Å². The minimum atomic E-state index is -0.270. The Labute approximate surface area is 260 Å². The van der Waals surface area contributed by atoms with Crippen LogP contribution in [0.5, 0.6) is 5.75 Å². The molecule has 0 aliphatic carbocycles. The van der Waals surface area contributed by atoms with Gasteiger partial charge in [0.05, 0.1) is 0 Å². The van der Waals surface area contributed by atoms with Gasteiger partial charge in [-0.1, -0.05) is 59.7 Å². The fraction of sp³-hybridized carbons (Fsp3) is 0.600. The molecule has 0 atom stereocenters. The van der Waals surface area contributed by atoms with Gasteiger partial charge in [0.2, 0.25) is 0 Å². The maximum Gasteiger partial charge on any atom is 0.262 e. The van der Waals surface area contributed by atoms with Gasteiger partial charge in [0, 0.05) is 23.4 Å². The van der Waals surface area contributed by atoms with Crippen molar-refractivity contribution >= 4 is 17.5 Å². The molecule has 0 spiro atoms. The van der Waals surface area contributed by atoms with Crippen molar-refractivity contribution in [1.29, 1.82) is 0 Å². The van der Waals surface area contributed by atoms with Crippen LogP contribution in [0.4, 0.5) is 5.69 Å². The zero-order valence-corrected chi connectivity index (χ0v) is 27.5. The Morgan fingerprint density at radius 1 is 0.791 bits per heavy atom. The van der Waals surface area contributed by atoms with Gasteiger partial charge in [-0.2, -0.15) is 0 Å². The van der Waals surface area contributed by atoms with Crippen LogP contribution in [-0.2, 0) is 15.6 Å². The molecule has 2 rings (SSSR count). The molecular formula is C35H57N5O3. The number of rotatable bonds is 21. The Balaban J connectivity index is 1.81. The van der Waals surface area contributed by atoms with Gasteiger partial charge in [-0.3, -0.25) is 9.59 Å². The molecule has 0 heterocycles. The molecule has 6 N–H and O–H groups in total. The van der Waals surface area contributed by atoms with E-state index in [1.54, 1.807) is 24.3 Å². The van der Waals surface area contributed by atoms with Crippen molar-refractivity contribution in [3.63, 3.8) is 0 Å². The average molecular weight is 596 g/mol. The van der Waals surface area contributed by atoms with Crippen molar-refractivity contribution < 1.29 is 14.3 Å². The van der Waals surface area contributed by atoms with E-state index in [-0.39, 0.29) is 29.3 Å². The number of anilines is 1. The smallest absolute Gasteiger partial charge is 0.262 e. The van der Waals surface area contributed by atoms with Crippen LogP contribution >= 0.6 is 0 Å². The number of carbonyl (C=O) groups is 2. The standard InChI is InChI=1S/C35H57N5O3/c1-7-34(3,4)28-16-17-31(30(25-28)35(5,6)8-2)43-26-32(41)40-29-15-11-14-27(24-29)33(42)39-23-13-22-38-20-10-9-19-37-21-12-18-36/h11,14-17,24-25,37-38H,7-10,12-13,18-23,26,36H2,1-6H3,(H,39,42)(H,40,41). The van der Waals surface area contributed by atoms with E-state index in [0.29, 0.717) is 17.8 Å². The molecule has 2 amide bonds. The summed E-state index contributed by atoms with van der Waals surface area (Å²) in [4.78, 5) is 25.5. The van der Waals surface area contributed by atoms with Crippen molar-refractivity contribution in [1.82, 2.24) is 16.0 Å². The fourth-order valence-electron chi connectivity index (χ4n) is 4.57. The van der Waals surface area contributed by atoms with Crippen LogP contribution < -0.4 is 31.7 Å². The molecule has 8 heteroatoms. The number of nitrogens with one attached hydrogen (secondary N) is 4. The van der Waals surface area contributed by atoms with Gasteiger partial charge < -0.3 is 31.7 Å². The molecule has 8 nitrogen and oxygen atoms in total. The third-order valence-electron chi connectivity index (χ3n) is 8.36. The molecule has 0 aliphatic rings. The minimum absolute atomic E-state index is 0.0605. The van der Waals surface area contributed by atoms with E-state index in [0.717, 1.165) is 82.6 Å². The van der Waals surface area contributed by atoms with Crippen LogP contribution in [0.15, 0.2) is 42.5 Å². The second kappa shape index (κ2) is 18.7. The number of ether oxygens (including phenoxy) is 1. The number of unbranched alkanes of at least 4 members (excludes halogenated alkanes) is 1. The van der Waals surface area contributed by atoms with E-state index in [1.807, 2.05) is 6.07 Å². The monoisotopic (exact) mass is 595 g/mol. The maximum absolute atomic E-state index is 12.8. The molecule has 0 aromatic heterocycles.